The number of carbonyl (C=O) groups excluding carboxylic acids is 2. The second-order valence-corrected chi connectivity index (χ2v) is 8.58. The zero-order valence-corrected chi connectivity index (χ0v) is 18.1. The number of aromatic nitrogens is 3. The van der Waals surface area contributed by atoms with Gasteiger partial charge in [0.1, 0.15) is 0 Å². The molecule has 2 heterocycles. The Labute approximate surface area is 187 Å². The van der Waals surface area contributed by atoms with Crippen molar-refractivity contribution in [3.05, 3.63) is 77.6 Å². The number of hydrogen-bond donors (Lipinski definition) is 0. The smallest absolute Gasteiger partial charge is 0.316 e. The Morgan fingerprint density at radius 1 is 0.969 bits per heavy atom. The van der Waals surface area contributed by atoms with E-state index in [2.05, 4.69) is 10.3 Å². The van der Waals surface area contributed by atoms with Gasteiger partial charge in [-0.25, -0.2) is 4.68 Å². The van der Waals surface area contributed by atoms with Gasteiger partial charge in [0.2, 0.25) is 0 Å². The number of esters is 1. The highest BCUT2D eigenvalue weighted by Gasteiger charge is 2.45. The van der Waals surface area contributed by atoms with E-state index in [-0.39, 0.29) is 11.9 Å². The molecule has 7 nitrogen and oxygen atoms in total. The minimum atomic E-state index is -0.728. The maximum absolute atomic E-state index is 13.5. The van der Waals surface area contributed by atoms with Gasteiger partial charge in [-0.05, 0) is 43.4 Å². The number of carbonyl (C=O) groups is 2. The van der Waals surface area contributed by atoms with Crippen LogP contribution in [0.2, 0.25) is 0 Å². The lowest BCUT2D eigenvalue weighted by molar-refractivity contribution is -0.149. The average molecular weight is 431 g/mol. The Balaban J connectivity index is 1.40. The van der Waals surface area contributed by atoms with Crippen molar-refractivity contribution < 1.29 is 14.3 Å². The molecule has 0 atom stereocenters. The number of nitrogens with zero attached hydrogens (tertiary/aromatic N) is 4. The normalized spacial score (nSPS) is 17.7. The highest BCUT2D eigenvalue weighted by Crippen LogP contribution is 2.43. The number of likely N-dealkylation sites (tertiary alicyclic amines) is 1. The topological polar surface area (TPSA) is 77.3 Å². The van der Waals surface area contributed by atoms with Gasteiger partial charge in [0.25, 0.3) is 5.91 Å². The van der Waals surface area contributed by atoms with Gasteiger partial charge >= 0.3 is 5.97 Å². The predicted octanol–water partition coefficient (Wildman–Crippen LogP) is 3.49. The largest absolute Gasteiger partial charge is 0.468 e. The first-order valence-electron chi connectivity index (χ1n) is 11.1. The van der Waals surface area contributed by atoms with E-state index in [1.54, 1.807) is 9.58 Å². The van der Waals surface area contributed by atoms with E-state index in [1.165, 1.54) is 7.11 Å². The van der Waals surface area contributed by atoms with E-state index < -0.39 is 5.41 Å². The summed E-state index contributed by atoms with van der Waals surface area (Å²) in [6, 6.07) is 19.5. The zero-order valence-electron chi connectivity index (χ0n) is 18.1. The monoisotopic (exact) mass is 430 g/mol. The molecule has 0 N–H and O–H groups in total. The van der Waals surface area contributed by atoms with Gasteiger partial charge in [-0.1, -0.05) is 53.7 Å². The fraction of sp³-hybridized carbons (Fsp3) is 0.360. The van der Waals surface area contributed by atoms with Crippen molar-refractivity contribution in [3.63, 3.8) is 0 Å². The van der Waals surface area contributed by atoms with Crippen LogP contribution in [0.3, 0.4) is 0 Å². The first kappa shape index (κ1) is 20.4. The van der Waals surface area contributed by atoms with Crippen molar-refractivity contribution in [3.8, 4) is 5.69 Å². The van der Waals surface area contributed by atoms with Crippen LogP contribution in [0.1, 0.15) is 53.3 Å². The summed E-state index contributed by atoms with van der Waals surface area (Å²) in [5, 5.41) is 8.63. The fourth-order valence-electron chi connectivity index (χ4n) is 4.73. The second kappa shape index (κ2) is 8.22. The lowest BCUT2D eigenvalue weighted by Gasteiger charge is -2.39. The maximum atomic E-state index is 13.5. The van der Waals surface area contributed by atoms with Crippen molar-refractivity contribution >= 4 is 11.9 Å². The van der Waals surface area contributed by atoms with Crippen LogP contribution in [0.4, 0.5) is 0 Å². The van der Waals surface area contributed by atoms with Gasteiger partial charge in [0, 0.05) is 19.0 Å². The molecular formula is C25H26N4O3. The summed E-state index contributed by atoms with van der Waals surface area (Å²) >= 11 is 0. The zero-order chi connectivity index (χ0) is 22.1. The summed E-state index contributed by atoms with van der Waals surface area (Å²) in [6.07, 6.45) is 3.11. The molecule has 1 amide bonds. The third kappa shape index (κ3) is 3.47. The Hall–Kier alpha value is -3.48. The second-order valence-electron chi connectivity index (χ2n) is 8.58. The van der Waals surface area contributed by atoms with E-state index in [0.717, 1.165) is 29.8 Å². The molecule has 0 unspecified atom stereocenters. The van der Waals surface area contributed by atoms with Gasteiger partial charge < -0.3 is 9.64 Å². The Kier molecular flexibility index (Phi) is 5.25. The summed E-state index contributed by atoms with van der Waals surface area (Å²) in [7, 11) is 1.42. The molecule has 1 aliphatic heterocycles. The third-order valence-corrected chi connectivity index (χ3v) is 6.68. The molecule has 2 aliphatic rings. The Bertz CT molecular complexity index is 1110. The molecule has 1 aliphatic carbocycles. The molecule has 1 saturated heterocycles. The molecule has 0 bridgehead atoms. The highest BCUT2D eigenvalue weighted by molar-refractivity contribution is 5.94. The molecule has 2 fully saturated rings. The van der Waals surface area contributed by atoms with Gasteiger partial charge in [-0.3, -0.25) is 9.59 Å². The van der Waals surface area contributed by atoms with E-state index in [1.807, 2.05) is 60.7 Å². The summed E-state index contributed by atoms with van der Waals surface area (Å²) in [6.45, 7) is 0.927. The molecule has 5 rings (SSSR count). The van der Waals surface area contributed by atoms with E-state index in [0.29, 0.717) is 37.5 Å². The van der Waals surface area contributed by atoms with Crippen LogP contribution in [0.25, 0.3) is 5.69 Å². The number of rotatable bonds is 5. The number of amides is 1. The van der Waals surface area contributed by atoms with Gasteiger partial charge in [-0.15, -0.1) is 5.10 Å². The van der Waals surface area contributed by atoms with Gasteiger partial charge in [-0.2, -0.15) is 0 Å². The van der Waals surface area contributed by atoms with Crippen LogP contribution < -0.4 is 0 Å². The van der Waals surface area contributed by atoms with Gasteiger partial charge in [0.15, 0.2) is 5.69 Å². The molecule has 0 radical (unpaired) electrons. The lowest BCUT2D eigenvalue weighted by Crippen LogP contribution is -2.49. The molecule has 1 saturated carbocycles. The molecule has 1 aromatic heterocycles. The summed E-state index contributed by atoms with van der Waals surface area (Å²) in [4.78, 5) is 28.1. The summed E-state index contributed by atoms with van der Waals surface area (Å²) in [5.41, 5.74) is 2.45. The first-order chi connectivity index (χ1) is 15.6. The number of piperidine rings is 1. The highest BCUT2D eigenvalue weighted by atomic mass is 16.5. The fourth-order valence-corrected chi connectivity index (χ4v) is 4.73. The number of methoxy groups -OCH3 is 1. The van der Waals surface area contributed by atoms with Crippen molar-refractivity contribution in [2.24, 2.45) is 0 Å². The number of para-hydroxylation sites is 1. The number of hydrogen-bond acceptors (Lipinski definition) is 5. The minimum Gasteiger partial charge on any atom is -0.468 e. The molecule has 7 heteroatoms. The average Bonchev–Trinajstić information content (AvgIpc) is 3.61. The van der Waals surface area contributed by atoms with Crippen LogP contribution in [0.5, 0.6) is 0 Å². The molecular weight excluding hydrogens is 404 g/mol. The first-order valence-corrected chi connectivity index (χ1v) is 11.1. The van der Waals surface area contributed by atoms with Crippen LogP contribution in [0.15, 0.2) is 60.7 Å². The third-order valence-electron chi connectivity index (χ3n) is 6.68. The SMILES string of the molecule is COC(=O)C1(c2ccccc2)CCN(C(=O)c2nnn(-c3ccccc3)c2C2CC2)CC1. The quantitative estimate of drug-likeness (QED) is 0.579. The lowest BCUT2D eigenvalue weighted by atomic mass is 9.72. The number of ether oxygens (including phenoxy) is 1. The standard InChI is InChI=1S/C25H26N4O3/c1-32-24(31)25(19-8-4-2-5-9-19)14-16-28(17-15-25)23(30)21-22(18-12-13-18)29(27-26-21)20-10-6-3-7-11-20/h2-11,18H,12-17H2,1H3. The van der Waals surface area contributed by atoms with Crippen LogP contribution >= 0.6 is 0 Å². The molecule has 3 aromatic rings. The van der Waals surface area contributed by atoms with Crippen molar-refractivity contribution in [2.45, 2.75) is 37.0 Å². The molecule has 32 heavy (non-hydrogen) atoms. The maximum Gasteiger partial charge on any atom is 0.316 e. The van der Waals surface area contributed by atoms with E-state index >= 15 is 0 Å². The van der Waals surface area contributed by atoms with Crippen molar-refractivity contribution in [1.29, 1.82) is 0 Å². The summed E-state index contributed by atoms with van der Waals surface area (Å²) < 4.78 is 6.97. The van der Waals surface area contributed by atoms with Crippen LogP contribution in [-0.2, 0) is 14.9 Å². The van der Waals surface area contributed by atoms with Crippen LogP contribution in [-0.4, -0.2) is 52.0 Å². The van der Waals surface area contributed by atoms with Gasteiger partial charge in [0.05, 0.1) is 23.9 Å². The molecule has 2 aromatic carbocycles. The molecule has 164 valence electrons. The Morgan fingerprint density at radius 2 is 1.59 bits per heavy atom. The van der Waals surface area contributed by atoms with E-state index in [9.17, 15) is 9.59 Å². The predicted molar refractivity (Wildman–Crippen MR) is 119 cm³/mol. The van der Waals surface area contributed by atoms with Crippen molar-refractivity contribution in [2.75, 3.05) is 20.2 Å². The van der Waals surface area contributed by atoms with Crippen molar-refractivity contribution in [1.82, 2.24) is 19.9 Å². The Morgan fingerprint density at radius 3 is 2.19 bits per heavy atom. The molecule has 0 spiro atoms. The van der Waals surface area contributed by atoms with Crippen LogP contribution in [0, 0.1) is 0 Å². The summed E-state index contributed by atoms with van der Waals surface area (Å²) in [5.74, 6) is -0.0440. The minimum absolute atomic E-state index is 0.111. The number of benzene rings is 2. The van der Waals surface area contributed by atoms with E-state index in [4.69, 9.17) is 4.74 Å².